The third-order valence-electron chi connectivity index (χ3n) is 2.32. The van der Waals surface area contributed by atoms with Crippen LogP contribution in [0.25, 0.3) is 10.9 Å². The van der Waals surface area contributed by atoms with Gasteiger partial charge in [0.1, 0.15) is 0 Å². The number of benzene rings is 1. The fourth-order valence-corrected chi connectivity index (χ4v) is 1.77. The predicted molar refractivity (Wildman–Crippen MR) is 58.5 cm³/mol. The Morgan fingerprint density at radius 2 is 2.33 bits per heavy atom. The van der Waals surface area contributed by atoms with Crippen molar-refractivity contribution in [2.24, 2.45) is 0 Å². The highest BCUT2D eigenvalue weighted by Crippen LogP contribution is 2.27. The Bertz CT molecular complexity index is 527. The Kier molecular flexibility index (Phi) is 2.63. The van der Waals surface area contributed by atoms with Crippen LogP contribution in [0.4, 0.5) is 0 Å². The van der Waals surface area contributed by atoms with Crippen LogP contribution < -0.4 is 0 Å². The lowest BCUT2D eigenvalue weighted by Crippen LogP contribution is -1.93. The average molecular weight is 221 g/mol. The first-order valence-electron chi connectivity index (χ1n) is 4.54. The molecular weight excluding hydrogens is 212 g/mol. The second kappa shape index (κ2) is 3.93. The fraction of sp³-hybridized carbons (Fsp3) is 0.182. The van der Waals surface area contributed by atoms with E-state index in [2.05, 4.69) is 4.98 Å². The molecule has 1 aromatic heterocycles. The van der Waals surface area contributed by atoms with E-state index in [0.717, 1.165) is 16.5 Å². The van der Waals surface area contributed by atoms with Crippen LogP contribution in [0.2, 0.25) is 5.02 Å². The summed E-state index contributed by atoms with van der Waals surface area (Å²) >= 11 is 5.83. The van der Waals surface area contributed by atoms with Gasteiger partial charge in [-0.05, 0) is 12.1 Å². The van der Waals surface area contributed by atoms with E-state index in [1.807, 2.05) is 12.1 Å². The maximum Gasteiger partial charge on any atom is 0.0940 e. The van der Waals surface area contributed by atoms with Crippen molar-refractivity contribution < 1.29 is 5.11 Å². The first-order valence-corrected chi connectivity index (χ1v) is 4.91. The first-order chi connectivity index (χ1) is 7.22. The van der Waals surface area contributed by atoms with Crippen molar-refractivity contribution in [2.45, 2.75) is 12.5 Å². The van der Waals surface area contributed by atoms with E-state index in [4.69, 9.17) is 16.9 Å². The van der Waals surface area contributed by atoms with Gasteiger partial charge in [0.25, 0.3) is 0 Å². The number of hydrogen-bond acceptors (Lipinski definition) is 2. The van der Waals surface area contributed by atoms with Gasteiger partial charge in [-0.1, -0.05) is 17.7 Å². The first kappa shape index (κ1) is 10.0. The molecule has 0 aliphatic rings. The summed E-state index contributed by atoms with van der Waals surface area (Å²) in [6.07, 6.45) is 1.06. The quantitative estimate of drug-likeness (QED) is 0.818. The number of aromatic nitrogens is 1. The Morgan fingerprint density at radius 1 is 1.53 bits per heavy atom. The van der Waals surface area contributed by atoms with Crippen LogP contribution in [0.1, 0.15) is 18.1 Å². The smallest absolute Gasteiger partial charge is 0.0940 e. The number of rotatable bonds is 2. The van der Waals surface area contributed by atoms with Gasteiger partial charge in [-0.15, -0.1) is 0 Å². The zero-order valence-electron chi connectivity index (χ0n) is 7.87. The lowest BCUT2D eigenvalue weighted by molar-refractivity contribution is 0.185. The summed E-state index contributed by atoms with van der Waals surface area (Å²) in [5.74, 6) is 0. The van der Waals surface area contributed by atoms with Crippen molar-refractivity contribution in [1.82, 2.24) is 4.98 Å². The monoisotopic (exact) mass is 220 g/mol. The standard InChI is InChI=1S/C11H9ClN2O/c12-7-1-2-8-9(11(15)3-4-13)6-14-10(8)5-7/h1-2,5-6,11,14-15H,3H2. The molecule has 2 aromatic rings. The zero-order valence-corrected chi connectivity index (χ0v) is 8.62. The summed E-state index contributed by atoms with van der Waals surface area (Å²) in [4.78, 5) is 3.01. The number of aliphatic hydroxyl groups is 1. The van der Waals surface area contributed by atoms with Gasteiger partial charge in [-0.2, -0.15) is 5.26 Å². The number of nitriles is 1. The van der Waals surface area contributed by atoms with Gasteiger partial charge in [-0.25, -0.2) is 0 Å². The highest BCUT2D eigenvalue weighted by atomic mass is 35.5. The van der Waals surface area contributed by atoms with E-state index >= 15 is 0 Å². The molecule has 1 atom stereocenters. The molecule has 0 spiro atoms. The minimum absolute atomic E-state index is 0.0928. The fourth-order valence-electron chi connectivity index (χ4n) is 1.59. The molecule has 0 radical (unpaired) electrons. The molecule has 0 fully saturated rings. The number of aliphatic hydroxyl groups excluding tert-OH is 1. The van der Waals surface area contributed by atoms with Crippen molar-refractivity contribution >= 4 is 22.5 Å². The maximum absolute atomic E-state index is 9.70. The maximum atomic E-state index is 9.70. The molecule has 0 aliphatic carbocycles. The molecule has 2 N–H and O–H groups in total. The van der Waals surface area contributed by atoms with Gasteiger partial charge in [0, 0.05) is 27.7 Å². The third-order valence-corrected chi connectivity index (χ3v) is 2.55. The number of aromatic amines is 1. The van der Waals surface area contributed by atoms with E-state index in [0.29, 0.717) is 5.02 Å². The Labute approximate surface area is 91.9 Å². The molecule has 1 unspecified atom stereocenters. The topological polar surface area (TPSA) is 59.8 Å². The summed E-state index contributed by atoms with van der Waals surface area (Å²) in [7, 11) is 0. The molecule has 0 amide bonds. The number of halogens is 1. The molecule has 76 valence electrons. The summed E-state index contributed by atoms with van der Waals surface area (Å²) in [6, 6.07) is 7.33. The molecule has 3 nitrogen and oxygen atoms in total. The Hall–Kier alpha value is -1.50. The van der Waals surface area contributed by atoms with E-state index in [1.165, 1.54) is 0 Å². The molecule has 0 saturated heterocycles. The van der Waals surface area contributed by atoms with Crippen LogP contribution in [-0.4, -0.2) is 10.1 Å². The van der Waals surface area contributed by atoms with Crippen LogP contribution in [-0.2, 0) is 0 Å². The summed E-state index contributed by atoms with van der Waals surface area (Å²) < 4.78 is 0. The molecule has 1 aromatic carbocycles. The third kappa shape index (κ3) is 1.82. The van der Waals surface area contributed by atoms with Crippen molar-refractivity contribution in [3.63, 3.8) is 0 Å². The van der Waals surface area contributed by atoms with Crippen molar-refractivity contribution in [3.05, 3.63) is 35.0 Å². The van der Waals surface area contributed by atoms with Crippen LogP contribution in [0.5, 0.6) is 0 Å². The van der Waals surface area contributed by atoms with E-state index in [1.54, 1.807) is 18.3 Å². The number of fused-ring (bicyclic) bond motifs is 1. The minimum atomic E-state index is -0.745. The van der Waals surface area contributed by atoms with Crippen LogP contribution in [0, 0.1) is 11.3 Å². The summed E-state index contributed by atoms with van der Waals surface area (Å²) in [6.45, 7) is 0. The van der Waals surface area contributed by atoms with E-state index < -0.39 is 6.10 Å². The van der Waals surface area contributed by atoms with Crippen molar-refractivity contribution in [2.75, 3.05) is 0 Å². The highest BCUT2D eigenvalue weighted by molar-refractivity contribution is 6.31. The lowest BCUT2D eigenvalue weighted by Gasteiger charge is -2.03. The number of nitrogens with one attached hydrogen (secondary N) is 1. The summed E-state index contributed by atoms with van der Waals surface area (Å²) in [5.41, 5.74) is 1.61. The molecule has 4 heteroatoms. The van der Waals surface area contributed by atoms with Gasteiger partial charge in [-0.3, -0.25) is 0 Å². The molecule has 0 saturated carbocycles. The largest absolute Gasteiger partial charge is 0.387 e. The SMILES string of the molecule is N#CCC(O)c1c[nH]c2cc(Cl)ccc12. The second-order valence-electron chi connectivity index (χ2n) is 3.31. The molecular formula is C11H9ClN2O. The van der Waals surface area contributed by atoms with Gasteiger partial charge in [0.05, 0.1) is 18.6 Å². The van der Waals surface area contributed by atoms with Gasteiger partial charge in [0.2, 0.25) is 0 Å². The number of H-pyrrole nitrogens is 1. The van der Waals surface area contributed by atoms with Crippen LogP contribution in [0.3, 0.4) is 0 Å². The predicted octanol–water partition coefficient (Wildman–Crippen LogP) is 2.77. The Morgan fingerprint density at radius 3 is 3.07 bits per heavy atom. The molecule has 0 bridgehead atoms. The lowest BCUT2D eigenvalue weighted by atomic mass is 10.1. The summed E-state index contributed by atoms with van der Waals surface area (Å²) in [5, 5.41) is 19.8. The Balaban J connectivity index is 2.50. The van der Waals surface area contributed by atoms with Gasteiger partial charge >= 0.3 is 0 Å². The van der Waals surface area contributed by atoms with Crippen LogP contribution in [0.15, 0.2) is 24.4 Å². The van der Waals surface area contributed by atoms with Crippen molar-refractivity contribution in [3.8, 4) is 6.07 Å². The molecule has 15 heavy (non-hydrogen) atoms. The average Bonchev–Trinajstić information content (AvgIpc) is 2.60. The van der Waals surface area contributed by atoms with Gasteiger partial charge < -0.3 is 10.1 Å². The number of nitrogens with zero attached hydrogens (tertiary/aromatic N) is 1. The molecule has 2 rings (SSSR count). The zero-order chi connectivity index (χ0) is 10.8. The van der Waals surface area contributed by atoms with Crippen molar-refractivity contribution in [1.29, 1.82) is 5.26 Å². The molecule has 1 heterocycles. The molecule has 0 aliphatic heterocycles. The minimum Gasteiger partial charge on any atom is -0.387 e. The highest BCUT2D eigenvalue weighted by Gasteiger charge is 2.12. The normalized spacial score (nSPS) is 12.6. The van der Waals surface area contributed by atoms with E-state index in [9.17, 15) is 5.11 Å². The second-order valence-corrected chi connectivity index (χ2v) is 3.75. The van der Waals surface area contributed by atoms with Crippen LogP contribution >= 0.6 is 11.6 Å². The van der Waals surface area contributed by atoms with E-state index in [-0.39, 0.29) is 6.42 Å². The number of hydrogen-bond donors (Lipinski definition) is 2. The van der Waals surface area contributed by atoms with Gasteiger partial charge in [0.15, 0.2) is 0 Å².